The zero-order valence-corrected chi connectivity index (χ0v) is 11.2. The Morgan fingerprint density at radius 3 is 2.24 bits per heavy atom. The number of nitrogens with zero attached hydrogens (tertiary/aromatic N) is 1. The Labute approximate surface area is 120 Å². The van der Waals surface area contributed by atoms with Crippen molar-refractivity contribution in [1.29, 1.82) is 0 Å². The molecule has 1 heterocycles. The van der Waals surface area contributed by atoms with Gasteiger partial charge in [0, 0.05) is 13.0 Å². The molecule has 0 N–H and O–H groups in total. The SMILES string of the molecule is FC(F)(F)c1ccc(C2CCN(c3ccccc3)O2)cc1. The second-order valence-corrected chi connectivity index (χ2v) is 4.94. The summed E-state index contributed by atoms with van der Waals surface area (Å²) < 4.78 is 37.6. The Kier molecular flexibility index (Phi) is 3.59. The van der Waals surface area contributed by atoms with Gasteiger partial charge >= 0.3 is 6.18 Å². The molecular weight excluding hydrogens is 279 g/mol. The highest BCUT2D eigenvalue weighted by Gasteiger charge is 2.31. The van der Waals surface area contributed by atoms with Crippen LogP contribution in [0.3, 0.4) is 0 Å². The molecule has 3 rings (SSSR count). The molecule has 5 heteroatoms. The molecule has 2 aromatic carbocycles. The van der Waals surface area contributed by atoms with Crippen LogP contribution in [0, 0.1) is 0 Å². The molecular formula is C16H14F3NO. The molecule has 2 aromatic rings. The van der Waals surface area contributed by atoms with Gasteiger partial charge in [-0.1, -0.05) is 30.3 Å². The predicted molar refractivity (Wildman–Crippen MR) is 73.7 cm³/mol. The average Bonchev–Trinajstić information content (AvgIpc) is 2.97. The largest absolute Gasteiger partial charge is 0.416 e. The van der Waals surface area contributed by atoms with Gasteiger partial charge in [-0.15, -0.1) is 0 Å². The Balaban J connectivity index is 1.72. The van der Waals surface area contributed by atoms with Crippen LogP contribution in [-0.4, -0.2) is 6.54 Å². The molecule has 1 unspecified atom stereocenters. The fourth-order valence-corrected chi connectivity index (χ4v) is 2.39. The lowest BCUT2D eigenvalue weighted by Crippen LogP contribution is -2.16. The first-order valence-electron chi connectivity index (χ1n) is 6.70. The quantitative estimate of drug-likeness (QED) is 0.803. The molecule has 0 aromatic heterocycles. The number of halogens is 3. The first-order chi connectivity index (χ1) is 10.0. The summed E-state index contributed by atoms with van der Waals surface area (Å²) in [7, 11) is 0. The standard InChI is InChI=1S/C16H14F3NO/c17-16(18,19)13-8-6-12(7-9-13)15-10-11-20(21-15)14-4-2-1-3-5-14/h1-9,15H,10-11H2. The molecule has 1 aliphatic heterocycles. The van der Waals surface area contributed by atoms with Crippen LogP contribution in [0.5, 0.6) is 0 Å². The van der Waals surface area contributed by atoms with Gasteiger partial charge in [0.2, 0.25) is 0 Å². The molecule has 0 spiro atoms. The van der Waals surface area contributed by atoms with Crippen molar-refractivity contribution in [3.63, 3.8) is 0 Å². The van der Waals surface area contributed by atoms with Gasteiger partial charge in [-0.2, -0.15) is 13.2 Å². The highest BCUT2D eigenvalue weighted by atomic mass is 19.4. The van der Waals surface area contributed by atoms with E-state index in [1.807, 2.05) is 30.3 Å². The summed E-state index contributed by atoms with van der Waals surface area (Å²) in [4.78, 5) is 5.81. The van der Waals surface area contributed by atoms with Crippen LogP contribution in [0.25, 0.3) is 0 Å². The van der Waals surface area contributed by atoms with Crippen molar-refractivity contribution in [2.75, 3.05) is 11.6 Å². The van der Waals surface area contributed by atoms with Crippen LogP contribution < -0.4 is 5.06 Å². The van der Waals surface area contributed by atoms with Crippen LogP contribution in [0.2, 0.25) is 0 Å². The maximum atomic E-state index is 12.5. The van der Waals surface area contributed by atoms with Crippen molar-refractivity contribution in [3.8, 4) is 0 Å². The highest BCUT2D eigenvalue weighted by molar-refractivity contribution is 5.44. The maximum absolute atomic E-state index is 12.5. The molecule has 0 bridgehead atoms. The minimum absolute atomic E-state index is 0.201. The van der Waals surface area contributed by atoms with Gasteiger partial charge in [0.15, 0.2) is 0 Å². The number of hydroxylamine groups is 1. The third-order valence-electron chi connectivity index (χ3n) is 3.50. The van der Waals surface area contributed by atoms with Crippen LogP contribution in [-0.2, 0) is 11.0 Å². The summed E-state index contributed by atoms with van der Waals surface area (Å²) in [6.45, 7) is 0.718. The highest BCUT2D eigenvalue weighted by Crippen LogP contribution is 2.34. The van der Waals surface area contributed by atoms with Crippen LogP contribution in [0.15, 0.2) is 54.6 Å². The van der Waals surface area contributed by atoms with Crippen LogP contribution in [0.4, 0.5) is 18.9 Å². The van der Waals surface area contributed by atoms with Crippen molar-refractivity contribution in [1.82, 2.24) is 0 Å². The van der Waals surface area contributed by atoms with E-state index in [2.05, 4.69) is 0 Å². The Morgan fingerprint density at radius 2 is 1.62 bits per heavy atom. The van der Waals surface area contributed by atoms with Crippen molar-refractivity contribution in [2.24, 2.45) is 0 Å². The molecule has 1 atom stereocenters. The van der Waals surface area contributed by atoms with E-state index in [1.165, 1.54) is 12.1 Å². The molecule has 1 aliphatic rings. The summed E-state index contributed by atoms with van der Waals surface area (Å²) in [6.07, 6.45) is -3.75. The predicted octanol–water partition coefficient (Wildman–Crippen LogP) is 4.59. The van der Waals surface area contributed by atoms with Gasteiger partial charge in [-0.05, 0) is 29.8 Å². The number of benzene rings is 2. The van der Waals surface area contributed by atoms with Crippen molar-refractivity contribution in [2.45, 2.75) is 18.7 Å². The molecule has 0 amide bonds. The van der Waals surface area contributed by atoms with Gasteiger partial charge in [0.1, 0.15) is 6.10 Å². The van der Waals surface area contributed by atoms with E-state index >= 15 is 0 Å². The maximum Gasteiger partial charge on any atom is 0.416 e. The Morgan fingerprint density at radius 1 is 0.952 bits per heavy atom. The lowest BCUT2D eigenvalue weighted by atomic mass is 10.1. The number of anilines is 1. The molecule has 1 fully saturated rings. The number of hydrogen-bond acceptors (Lipinski definition) is 2. The minimum Gasteiger partial charge on any atom is -0.265 e. The van der Waals surface area contributed by atoms with Crippen LogP contribution >= 0.6 is 0 Å². The van der Waals surface area contributed by atoms with E-state index in [0.29, 0.717) is 0 Å². The fourth-order valence-electron chi connectivity index (χ4n) is 2.39. The van der Waals surface area contributed by atoms with Gasteiger partial charge in [-0.3, -0.25) is 9.90 Å². The van der Waals surface area contributed by atoms with Crippen molar-refractivity contribution in [3.05, 3.63) is 65.7 Å². The van der Waals surface area contributed by atoms with Gasteiger partial charge < -0.3 is 0 Å². The normalized spacial score (nSPS) is 19.0. The Hall–Kier alpha value is -2.01. The smallest absolute Gasteiger partial charge is 0.265 e. The van der Waals surface area contributed by atoms with Gasteiger partial charge in [0.05, 0.1) is 11.3 Å². The summed E-state index contributed by atoms with van der Waals surface area (Å²) in [5.74, 6) is 0. The number of alkyl halides is 3. The third kappa shape index (κ3) is 3.03. The zero-order chi connectivity index (χ0) is 14.9. The molecule has 1 saturated heterocycles. The fraction of sp³-hybridized carbons (Fsp3) is 0.250. The molecule has 0 saturated carbocycles. The summed E-state index contributed by atoms with van der Waals surface area (Å²) in [6, 6.07) is 14.8. The van der Waals surface area contributed by atoms with E-state index in [4.69, 9.17) is 4.84 Å². The van der Waals surface area contributed by atoms with Gasteiger partial charge in [0.25, 0.3) is 0 Å². The van der Waals surface area contributed by atoms with E-state index in [0.717, 1.165) is 36.3 Å². The molecule has 2 nitrogen and oxygen atoms in total. The minimum atomic E-state index is -4.30. The number of hydrogen-bond donors (Lipinski definition) is 0. The van der Waals surface area contributed by atoms with Crippen LogP contribution in [0.1, 0.15) is 23.7 Å². The monoisotopic (exact) mass is 293 g/mol. The number of rotatable bonds is 2. The second-order valence-electron chi connectivity index (χ2n) is 4.94. The molecule has 0 aliphatic carbocycles. The van der Waals surface area contributed by atoms with E-state index < -0.39 is 11.7 Å². The lowest BCUT2D eigenvalue weighted by Gasteiger charge is -2.18. The molecule has 0 radical (unpaired) electrons. The van der Waals surface area contributed by atoms with E-state index in [1.54, 1.807) is 5.06 Å². The summed E-state index contributed by atoms with van der Waals surface area (Å²) in [5, 5.41) is 1.78. The van der Waals surface area contributed by atoms with Crippen molar-refractivity contribution < 1.29 is 18.0 Å². The summed E-state index contributed by atoms with van der Waals surface area (Å²) >= 11 is 0. The van der Waals surface area contributed by atoms with Gasteiger partial charge in [-0.25, -0.2) is 0 Å². The zero-order valence-electron chi connectivity index (χ0n) is 11.2. The average molecular weight is 293 g/mol. The second kappa shape index (κ2) is 5.41. The summed E-state index contributed by atoms with van der Waals surface area (Å²) in [5.41, 5.74) is 1.08. The number of para-hydroxylation sites is 1. The Bertz CT molecular complexity index is 595. The van der Waals surface area contributed by atoms with Crippen molar-refractivity contribution >= 4 is 5.69 Å². The van der Waals surface area contributed by atoms with E-state index in [-0.39, 0.29) is 6.10 Å². The molecule has 110 valence electrons. The third-order valence-corrected chi connectivity index (χ3v) is 3.50. The topological polar surface area (TPSA) is 12.5 Å². The molecule has 21 heavy (non-hydrogen) atoms. The van der Waals surface area contributed by atoms with E-state index in [9.17, 15) is 13.2 Å². The first kappa shape index (κ1) is 13.9. The lowest BCUT2D eigenvalue weighted by molar-refractivity contribution is -0.137. The first-order valence-corrected chi connectivity index (χ1v) is 6.70.